The average molecular weight is 951 g/mol. The minimum absolute atomic E-state index is 0.0399. The summed E-state index contributed by atoms with van der Waals surface area (Å²) in [6.45, 7) is 0.773. The molecule has 0 aliphatic carbocycles. The van der Waals surface area contributed by atoms with E-state index in [1.54, 1.807) is 30.3 Å². The second-order valence-corrected chi connectivity index (χ2v) is 16.4. The van der Waals surface area contributed by atoms with Gasteiger partial charge in [-0.15, -0.1) is 0 Å². The van der Waals surface area contributed by atoms with Gasteiger partial charge in [0.15, 0.2) is 0 Å². The highest BCUT2D eigenvalue weighted by Crippen LogP contribution is 2.38. The van der Waals surface area contributed by atoms with Crippen molar-refractivity contribution in [2.24, 2.45) is 0 Å². The molecule has 0 unspecified atom stereocenters. The number of fused-ring (bicyclic) bond motifs is 1. The number of hydroxylamine groups is 6. The Kier molecular flexibility index (Phi) is 24.1. The Balaban J connectivity index is 1.23. The Hall–Kier alpha value is -5.68. The van der Waals surface area contributed by atoms with Crippen LogP contribution in [0.4, 0.5) is 0 Å². The number of benzene rings is 1. The van der Waals surface area contributed by atoms with Gasteiger partial charge in [-0.1, -0.05) is 41.9 Å². The first-order valence-corrected chi connectivity index (χ1v) is 22.6. The summed E-state index contributed by atoms with van der Waals surface area (Å²) in [5.74, 6) is -6.05. The molecule has 0 saturated carbocycles. The van der Waals surface area contributed by atoms with E-state index in [4.69, 9.17) is 16.7 Å². The van der Waals surface area contributed by atoms with Crippen LogP contribution in [-0.4, -0.2) is 151 Å². The molecule has 23 heteroatoms. The van der Waals surface area contributed by atoms with Gasteiger partial charge in [-0.05, 0) is 76.2 Å². The molecule has 22 nitrogen and oxygen atoms in total. The molecule has 0 spiro atoms. The van der Waals surface area contributed by atoms with Crippen LogP contribution in [-0.2, 0) is 43.2 Å². The van der Waals surface area contributed by atoms with Crippen LogP contribution in [0.15, 0.2) is 41.1 Å². The van der Waals surface area contributed by atoms with Crippen molar-refractivity contribution in [2.45, 2.75) is 127 Å². The number of nitrogens with one attached hydrogen (secondary N) is 4. The molecule has 0 aromatic heterocycles. The maximum absolute atomic E-state index is 13.4. The van der Waals surface area contributed by atoms with Crippen molar-refractivity contribution < 1.29 is 69.0 Å². The molecular weight excluding hydrogens is 888 g/mol. The van der Waals surface area contributed by atoms with E-state index in [0.717, 1.165) is 4.90 Å². The highest BCUT2D eigenvalue weighted by Gasteiger charge is 2.53. The fraction of sp³-hybridized carbons (Fsp3) is 0.605. The van der Waals surface area contributed by atoms with Crippen molar-refractivity contribution in [1.82, 2.24) is 41.4 Å². The summed E-state index contributed by atoms with van der Waals surface area (Å²) in [4.78, 5) is 113. The number of allylic oxidation sites excluding steroid dienone is 1. The molecule has 2 aliphatic heterocycles. The number of hydrogen-bond donors (Lipinski definition) is 9. The van der Waals surface area contributed by atoms with Crippen molar-refractivity contribution in [3.05, 3.63) is 46.6 Å². The van der Waals surface area contributed by atoms with Gasteiger partial charge < -0.3 is 31.5 Å². The molecule has 0 bridgehead atoms. The summed E-state index contributed by atoms with van der Waals surface area (Å²) in [5.41, 5.74) is 0.0726. The molecule has 9 N–H and O–H groups in total. The summed E-state index contributed by atoms with van der Waals surface area (Å²) in [5, 5.41) is 60.5. The highest BCUT2D eigenvalue weighted by molar-refractivity contribution is 6.32. The summed E-state index contributed by atoms with van der Waals surface area (Å²) < 4.78 is 0. The van der Waals surface area contributed by atoms with Gasteiger partial charge in [0.05, 0.1) is 6.04 Å². The van der Waals surface area contributed by atoms with Gasteiger partial charge in [-0.3, -0.25) is 58.9 Å². The monoisotopic (exact) mass is 950 g/mol. The van der Waals surface area contributed by atoms with E-state index in [1.165, 1.54) is 0 Å². The number of aliphatic carboxylic acids is 1. The van der Waals surface area contributed by atoms with E-state index in [-0.39, 0.29) is 94.4 Å². The Morgan fingerprint density at radius 2 is 1.14 bits per heavy atom. The maximum Gasteiger partial charge on any atom is 0.353 e. The predicted octanol–water partition coefficient (Wildman–Crippen LogP) is 1.60. The Morgan fingerprint density at radius 3 is 1.61 bits per heavy atom. The number of β-lactam (4-membered cyclic amide) rings is 1. The van der Waals surface area contributed by atoms with E-state index in [1.807, 2.05) is 0 Å². The molecule has 66 heavy (non-hydrogen) atoms. The predicted molar refractivity (Wildman–Crippen MR) is 232 cm³/mol. The second-order valence-electron chi connectivity index (χ2n) is 15.9. The van der Waals surface area contributed by atoms with Crippen molar-refractivity contribution in [3.63, 3.8) is 0 Å². The van der Waals surface area contributed by atoms with Gasteiger partial charge in [0, 0.05) is 82.9 Å². The van der Waals surface area contributed by atoms with Crippen LogP contribution >= 0.6 is 11.6 Å². The normalized spacial score (nSPS) is 15.7. The fourth-order valence-electron chi connectivity index (χ4n) is 7.16. The zero-order valence-corrected chi connectivity index (χ0v) is 37.7. The third kappa shape index (κ3) is 18.3. The van der Waals surface area contributed by atoms with E-state index < -0.39 is 65.4 Å². The molecule has 1 aromatic carbocycles. The Labute approximate surface area is 387 Å². The highest BCUT2D eigenvalue weighted by atomic mass is 35.5. The lowest BCUT2D eigenvalue weighted by Crippen LogP contribution is -2.72. The van der Waals surface area contributed by atoms with Gasteiger partial charge in [-0.2, -0.15) is 0 Å². The van der Waals surface area contributed by atoms with E-state index in [0.29, 0.717) is 91.5 Å². The number of carbonyl (C=O) groups excluding carboxylic acids is 8. The maximum atomic E-state index is 13.4. The number of aliphatic hydroxyl groups excluding tert-OH is 1. The fourth-order valence-corrected chi connectivity index (χ4v) is 7.45. The lowest BCUT2D eigenvalue weighted by molar-refractivity contribution is -0.166. The SMILES string of the molecule is O=C(CCC(=O)N(O)CCCCCO)NCCCCCN(O)C(=O)CCC(=O)NCCCCCN(O)C(=O)CCC(=O)N[C@@H](C(=O)N[C@@H]1C(=O)N2C(C(=O)O)=C(Cl)CC[C@H]12)c1ccccc1. The third-order valence-electron chi connectivity index (χ3n) is 10.9. The number of carbonyl (C=O) groups is 9. The lowest BCUT2D eigenvalue weighted by Gasteiger charge is -2.49. The number of carboxylic acids is 1. The van der Waals surface area contributed by atoms with Gasteiger partial charge in [0.2, 0.25) is 41.4 Å². The first kappa shape index (κ1) is 54.7. The molecular formula is C43H63ClN8O14. The molecule has 2 heterocycles. The number of carboxylic acid groups (broad SMARTS) is 1. The van der Waals surface area contributed by atoms with Crippen molar-refractivity contribution in [2.75, 3.05) is 39.3 Å². The van der Waals surface area contributed by atoms with E-state index in [2.05, 4.69) is 21.3 Å². The van der Waals surface area contributed by atoms with Crippen molar-refractivity contribution >= 4 is 64.8 Å². The van der Waals surface area contributed by atoms with Gasteiger partial charge in [0.1, 0.15) is 17.8 Å². The number of halogens is 1. The van der Waals surface area contributed by atoms with Crippen LogP contribution in [0.3, 0.4) is 0 Å². The van der Waals surface area contributed by atoms with Crippen molar-refractivity contribution in [1.29, 1.82) is 0 Å². The first-order valence-electron chi connectivity index (χ1n) is 22.3. The summed E-state index contributed by atoms with van der Waals surface area (Å²) in [6, 6.07) is 5.30. The quantitative estimate of drug-likeness (QED) is 0.0221. The third-order valence-corrected chi connectivity index (χ3v) is 11.3. The zero-order chi connectivity index (χ0) is 48.6. The molecule has 0 radical (unpaired) electrons. The number of hydrogen-bond acceptors (Lipinski definition) is 13. The number of nitrogens with zero attached hydrogens (tertiary/aromatic N) is 4. The Bertz CT molecular complexity index is 1870. The average Bonchev–Trinajstić information content (AvgIpc) is 3.30. The molecule has 1 aromatic rings. The molecule has 366 valence electrons. The molecule has 8 amide bonds. The zero-order valence-electron chi connectivity index (χ0n) is 37.0. The minimum atomic E-state index is -1.36. The summed E-state index contributed by atoms with van der Waals surface area (Å²) >= 11 is 6.05. The topological polar surface area (TPSA) is 316 Å². The van der Waals surface area contributed by atoms with E-state index >= 15 is 0 Å². The number of rotatable bonds is 31. The van der Waals surface area contributed by atoms with Gasteiger partial charge in [-0.25, -0.2) is 20.0 Å². The van der Waals surface area contributed by atoms with Gasteiger partial charge >= 0.3 is 5.97 Å². The van der Waals surface area contributed by atoms with Crippen LogP contribution in [0.5, 0.6) is 0 Å². The summed E-state index contributed by atoms with van der Waals surface area (Å²) in [6.07, 6.45) is 4.00. The molecule has 3 rings (SSSR count). The number of aliphatic hydroxyl groups is 1. The molecule has 1 fully saturated rings. The smallest absolute Gasteiger partial charge is 0.353 e. The lowest BCUT2D eigenvalue weighted by atomic mass is 9.86. The molecule has 3 atom stereocenters. The van der Waals surface area contributed by atoms with Crippen LogP contribution in [0.2, 0.25) is 0 Å². The van der Waals surface area contributed by atoms with Crippen molar-refractivity contribution in [3.8, 4) is 0 Å². The van der Waals surface area contributed by atoms with Crippen LogP contribution in [0.1, 0.15) is 121 Å². The number of amides is 8. The summed E-state index contributed by atoms with van der Waals surface area (Å²) in [7, 11) is 0. The largest absolute Gasteiger partial charge is 0.477 e. The van der Waals surface area contributed by atoms with Crippen LogP contribution < -0.4 is 21.3 Å². The first-order chi connectivity index (χ1) is 31.5. The standard InChI is InChI=1S/C43H63ClN8O14/c44-30-15-16-31-39(42(61)52(31)40(30)43(62)63)48-41(60)38(29-13-5-1-6-14-29)47-34(56)19-22-37(59)50(65)26-10-3-8-24-45-32(54)17-20-35(57)49(64)25-9-2-7-23-46-33(55)18-21-36(58)51(66)27-11-4-12-28-53/h1,5-6,13-14,31,38-39,53,64-66H,2-4,7-12,15-28H2,(H,45,54)(H,46,55)(H,47,56)(H,48,60)(H,62,63)/t31-,38-,39+/m1/s1. The Morgan fingerprint density at radius 1 is 0.667 bits per heavy atom. The second kappa shape index (κ2) is 29.1. The van der Waals surface area contributed by atoms with Gasteiger partial charge in [0.25, 0.3) is 5.91 Å². The number of unbranched alkanes of at least 4 members (excludes halogenated alkanes) is 6. The molecule has 1 saturated heterocycles. The minimum Gasteiger partial charge on any atom is -0.477 e. The van der Waals surface area contributed by atoms with Crippen LogP contribution in [0.25, 0.3) is 0 Å². The molecule has 2 aliphatic rings. The van der Waals surface area contributed by atoms with Crippen LogP contribution in [0, 0.1) is 0 Å². The van der Waals surface area contributed by atoms with E-state index in [9.17, 15) is 63.9 Å².